The lowest BCUT2D eigenvalue weighted by molar-refractivity contribution is -0.165. The Bertz CT molecular complexity index is 1540. The van der Waals surface area contributed by atoms with Crippen LogP contribution >= 0.6 is 0 Å². The minimum Gasteiger partial charge on any atom is -0.361 e. The molecule has 4 heterocycles. The van der Waals surface area contributed by atoms with Crippen molar-refractivity contribution in [1.29, 1.82) is 0 Å². The number of aromatic amines is 1. The Morgan fingerprint density at radius 3 is 2.12 bits per heavy atom. The largest absolute Gasteiger partial charge is 0.361 e. The van der Waals surface area contributed by atoms with Crippen molar-refractivity contribution in [3.63, 3.8) is 0 Å². The Morgan fingerprint density at radius 2 is 1.40 bits per heavy atom. The summed E-state index contributed by atoms with van der Waals surface area (Å²) in [6, 6.07) is 28.6. The Balaban J connectivity index is 1.14. The number of nitrogens with one attached hydrogen (secondary N) is 2. The molecule has 3 aromatic carbocycles. The summed E-state index contributed by atoms with van der Waals surface area (Å²) in [5, 5.41) is 4.33. The van der Waals surface area contributed by atoms with Gasteiger partial charge in [0.1, 0.15) is 11.6 Å². The van der Waals surface area contributed by atoms with E-state index in [1.807, 2.05) is 36.5 Å². The quantitative estimate of drug-likeness (QED) is 0.352. The van der Waals surface area contributed by atoms with Gasteiger partial charge in [0.2, 0.25) is 11.8 Å². The molecule has 4 aromatic rings. The molecule has 0 aliphatic carbocycles. The van der Waals surface area contributed by atoms with Gasteiger partial charge in [0.25, 0.3) is 0 Å². The highest BCUT2D eigenvalue weighted by Gasteiger charge is 2.56. The van der Waals surface area contributed by atoms with Crippen LogP contribution in [0.5, 0.6) is 0 Å². The number of H-pyrrole nitrogens is 1. The summed E-state index contributed by atoms with van der Waals surface area (Å²) in [6.45, 7) is 5.03. The van der Waals surface area contributed by atoms with Gasteiger partial charge in [0.05, 0.1) is 0 Å². The molecule has 3 aliphatic rings. The highest BCUT2D eigenvalue weighted by atomic mass is 16.2. The second-order valence-electron chi connectivity index (χ2n) is 12.3. The lowest BCUT2D eigenvalue weighted by atomic mass is 9.79. The molecule has 0 bridgehead atoms. The minimum atomic E-state index is -0.797. The van der Waals surface area contributed by atoms with E-state index in [0.717, 1.165) is 62.2 Å². The van der Waals surface area contributed by atoms with Crippen molar-refractivity contribution in [1.82, 2.24) is 25.0 Å². The zero-order valence-electron chi connectivity index (χ0n) is 24.0. The van der Waals surface area contributed by atoms with Crippen LogP contribution in [0.25, 0.3) is 10.9 Å². The number of hydrogen-bond donors (Lipinski definition) is 2. The number of benzene rings is 3. The maximum absolute atomic E-state index is 14.5. The third kappa shape index (κ3) is 5.12. The van der Waals surface area contributed by atoms with Crippen molar-refractivity contribution in [2.24, 2.45) is 0 Å². The Morgan fingerprint density at radius 1 is 0.762 bits per heavy atom. The average molecular weight is 562 g/mol. The first-order valence-electron chi connectivity index (χ1n) is 15.3. The molecule has 3 saturated heterocycles. The number of likely N-dealkylation sites (tertiary alicyclic amines) is 2. The van der Waals surface area contributed by atoms with Crippen LogP contribution < -0.4 is 5.32 Å². The number of nitrogens with zero attached hydrogens (tertiary/aromatic N) is 3. The van der Waals surface area contributed by atoms with Gasteiger partial charge in [-0.05, 0) is 42.0 Å². The van der Waals surface area contributed by atoms with Crippen LogP contribution in [0.1, 0.15) is 36.0 Å². The summed E-state index contributed by atoms with van der Waals surface area (Å²) in [5.41, 5.74) is 3.88. The van der Waals surface area contributed by atoms with Gasteiger partial charge in [-0.2, -0.15) is 0 Å². The number of amides is 2. The molecule has 2 unspecified atom stereocenters. The average Bonchev–Trinajstić information content (AvgIpc) is 3.65. The minimum absolute atomic E-state index is 0.0211. The maximum atomic E-state index is 14.5. The van der Waals surface area contributed by atoms with Gasteiger partial charge in [-0.15, -0.1) is 0 Å². The normalized spacial score (nSPS) is 23.1. The van der Waals surface area contributed by atoms with Crippen molar-refractivity contribution in [3.05, 3.63) is 108 Å². The van der Waals surface area contributed by atoms with Crippen LogP contribution in [0.2, 0.25) is 0 Å². The summed E-state index contributed by atoms with van der Waals surface area (Å²) < 4.78 is 0. The molecule has 216 valence electrons. The predicted octanol–water partition coefficient (Wildman–Crippen LogP) is 4.35. The summed E-state index contributed by atoms with van der Waals surface area (Å²) in [7, 11) is 0. The molecule has 7 nitrogen and oxygen atoms in total. The van der Waals surface area contributed by atoms with Crippen LogP contribution in [-0.4, -0.2) is 75.3 Å². The molecule has 3 aliphatic heterocycles. The highest BCUT2D eigenvalue weighted by Crippen LogP contribution is 2.38. The summed E-state index contributed by atoms with van der Waals surface area (Å²) in [6.07, 6.45) is 4.68. The Hall–Kier alpha value is -3.94. The Kier molecular flexibility index (Phi) is 7.30. The van der Waals surface area contributed by atoms with E-state index in [4.69, 9.17) is 0 Å². The highest BCUT2D eigenvalue weighted by molar-refractivity contribution is 6.00. The van der Waals surface area contributed by atoms with Gasteiger partial charge < -0.3 is 15.2 Å². The number of hydrogen-bond acceptors (Lipinski definition) is 4. The van der Waals surface area contributed by atoms with E-state index in [2.05, 4.69) is 79.6 Å². The van der Waals surface area contributed by atoms with Crippen LogP contribution in [0.4, 0.5) is 0 Å². The molecule has 7 rings (SSSR count). The molecular weight excluding hydrogens is 522 g/mol. The van der Waals surface area contributed by atoms with E-state index in [9.17, 15) is 9.59 Å². The molecule has 2 amide bonds. The fourth-order valence-corrected chi connectivity index (χ4v) is 7.43. The van der Waals surface area contributed by atoms with Crippen molar-refractivity contribution >= 4 is 22.7 Å². The zero-order chi connectivity index (χ0) is 28.5. The molecule has 0 radical (unpaired) electrons. The number of aromatic nitrogens is 1. The molecule has 1 aromatic heterocycles. The van der Waals surface area contributed by atoms with E-state index >= 15 is 0 Å². The Labute approximate surface area is 247 Å². The van der Waals surface area contributed by atoms with Crippen molar-refractivity contribution < 1.29 is 9.59 Å². The van der Waals surface area contributed by atoms with E-state index in [1.165, 1.54) is 11.1 Å². The molecule has 7 heteroatoms. The third-order valence-electron chi connectivity index (χ3n) is 9.62. The van der Waals surface area contributed by atoms with Crippen molar-refractivity contribution in [3.8, 4) is 0 Å². The first-order valence-corrected chi connectivity index (χ1v) is 15.3. The predicted molar refractivity (Wildman–Crippen MR) is 165 cm³/mol. The fraction of sp³-hybridized carbons (Fsp3) is 0.371. The van der Waals surface area contributed by atoms with E-state index in [1.54, 1.807) is 0 Å². The SMILES string of the molecule is O=C1C(Cc2c[nH]c3ccccc23)NC(=O)C2(CCN(Cc3ccccc3)CC2)N1C1CCN(Cc2ccccc2)C1. The monoisotopic (exact) mass is 561 g/mol. The van der Waals surface area contributed by atoms with Crippen LogP contribution in [-0.2, 0) is 29.1 Å². The number of carbonyl (C=O) groups excluding carboxylic acids is 2. The molecule has 42 heavy (non-hydrogen) atoms. The first kappa shape index (κ1) is 26.9. The maximum Gasteiger partial charge on any atom is 0.246 e. The zero-order valence-corrected chi connectivity index (χ0v) is 24.0. The molecule has 0 saturated carbocycles. The lowest BCUT2D eigenvalue weighted by Gasteiger charge is -2.53. The van der Waals surface area contributed by atoms with Crippen molar-refractivity contribution in [2.75, 3.05) is 26.2 Å². The standard InChI is InChI=1S/C35H39N5O2/c41-33-32(21-28-22-36-31-14-8-7-13-30(28)31)37-34(42)35(16-19-38(20-17-35)23-26-9-3-1-4-10-26)40(33)29-15-18-39(25-29)24-27-11-5-2-6-12-27/h1-14,22,29,32,36H,15-21,23-25H2,(H,37,42). The lowest BCUT2D eigenvalue weighted by Crippen LogP contribution is -2.75. The van der Waals surface area contributed by atoms with E-state index in [-0.39, 0.29) is 17.9 Å². The first-order chi connectivity index (χ1) is 20.6. The number of carbonyl (C=O) groups is 2. The molecule has 1 spiro atoms. The molecule has 2 atom stereocenters. The van der Waals surface area contributed by atoms with E-state index < -0.39 is 11.6 Å². The van der Waals surface area contributed by atoms with Gasteiger partial charge >= 0.3 is 0 Å². The number of piperidine rings is 1. The summed E-state index contributed by atoms with van der Waals surface area (Å²) in [5.74, 6) is 0.0933. The molecule has 2 N–H and O–H groups in total. The third-order valence-corrected chi connectivity index (χ3v) is 9.62. The van der Waals surface area contributed by atoms with Crippen molar-refractivity contribution in [2.45, 2.75) is 56.4 Å². The van der Waals surface area contributed by atoms with Crippen LogP contribution in [0.15, 0.2) is 91.1 Å². The molecular formula is C35H39N5O2. The van der Waals surface area contributed by atoms with E-state index in [0.29, 0.717) is 19.3 Å². The topological polar surface area (TPSA) is 71.7 Å². The number of piperazine rings is 1. The van der Waals surface area contributed by atoms with Gasteiger partial charge in [0.15, 0.2) is 0 Å². The number of fused-ring (bicyclic) bond motifs is 1. The fourth-order valence-electron chi connectivity index (χ4n) is 7.43. The van der Waals surface area contributed by atoms with Gasteiger partial charge in [0, 0.05) is 68.8 Å². The summed E-state index contributed by atoms with van der Waals surface area (Å²) >= 11 is 0. The molecule has 3 fully saturated rings. The smallest absolute Gasteiger partial charge is 0.246 e. The van der Waals surface area contributed by atoms with Crippen LogP contribution in [0.3, 0.4) is 0 Å². The number of para-hydroxylation sites is 1. The second-order valence-corrected chi connectivity index (χ2v) is 12.3. The van der Waals surface area contributed by atoms with Crippen LogP contribution in [0, 0.1) is 0 Å². The second kappa shape index (κ2) is 11.4. The van der Waals surface area contributed by atoms with Gasteiger partial charge in [-0.25, -0.2) is 0 Å². The number of rotatable bonds is 7. The summed E-state index contributed by atoms with van der Waals surface area (Å²) in [4.78, 5) is 38.9. The van der Waals surface area contributed by atoms with Gasteiger partial charge in [-0.3, -0.25) is 19.4 Å². The van der Waals surface area contributed by atoms with Gasteiger partial charge in [-0.1, -0.05) is 78.9 Å².